The lowest BCUT2D eigenvalue weighted by Gasteiger charge is -2.15. The average molecular weight is 324 g/mol. The Morgan fingerprint density at radius 1 is 1.38 bits per heavy atom. The summed E-state index contributed by atoms with van der Waals surface area (Å²) < 4.78 is 7.53. The van der Waals surface area contributed by atoms with E-state index < -0.39 is 0 Å². The van der Waals surface area contributed by atoms with Gasteiger partial charge in [0.1, 0.15) is 23.2 Å². The molecule has 6 heteroatoms. The van der Waals surface area contributed by atoms with Crippen LogP contribution in [-0.4, -0.2) is 32.9 Å². The Hall–Kier alpha value is -2.89. The minimum atomic E-state index is -0.167. The van der Waals surface area contributed by atoms with Gasteiger partial charge in [0.2, 0.25) is 0 Å². The van der Waals surface area contributed by atoms with E-state index >= 15 is 0 Å². The minimum Gasteiger partial charge on any atom is -0.487 e. The smallest absolute Gasteiger partial charge is 0.270 e. The van der Waals surface area contributed by atoms with Crippen molar-refractivity contribution in [3.05, 3.63) is 59.8 Å². The molecular formula is C18H20N4O2. The highest BCUT2D eigenvalue weighted by molar-refractivity contribution is 5.94. The van der Waals surface area contributed by atoms with Crippen molar-refractivity contribution < 1.29 is 9.53 Å². The fraction of sp³-hybridized carbons (Fsp3) is 0.278. The molecule has 3 aromatic rings. The zero-order chi connectivity index (χ0) is 17.1. The van der Waals surface area contributed by atoms with Gasteiger partial charge in [-0.2, -0.15) is 0 Å². The normalized spacial score (nSPS) is 12.1. The van der Waals surface area contributed by atoms with E-state index in [0.29, 0.717) is 23.7 Å². The number of carbonyl (C=O) groups excluding carboxylic acids is 1. The van der Waals surface area contributed by atoms with Crippen LogP contribution < -0.4 is 10.1 Å². The third-order valence-electron chi connectivity index (χ3n) is 3.69. The van der Waals surface area contributed by atoms with Crippen molar-refractivity contribution in [1.82, 2.24) is 19.7 Å². The Balaban J connectivity index is 1.68. The maximum absolute atomic E-state index is 12.5. The van der Waals surface area contributed by atoms with E-state index in [4.69, 9.17) is 4.74 Å². The molecule has 124 valence electrons. The average Bonchev–Trinajstić information content (AvgIpc) is 2.88. The molecule has 24 heavy (non-hydrogen) atoms. The van der Waals surface area contributed by atoms with Crippen LogP contribution in [0.4, 0.5) is 0 Å². The highest BCUT2D eigenvalue weighted by atomic mass is 16.5. The first-order chi connectivity index (χ1) is 11.5. The first kappa shape index (κ1) is 16.0. The van der Waals surface area contributed by atoms with Crippen LogP contribution >= 0.6 is 0 Å². The molecule has 0 aromatic carbocycles. The number of ether oxygens (including phenoxy) is 1. The van der Waals surface area contributed by atoms with Gasteiger partial charge in [0, 0.05) is 12.4 Å². The van der Waals surface area contributed by atoms with Gasteiger partial charge < -0.3 is 10.1 Å². The van der Waals surface area contributed by atoms with Crippen molar-refractivity contribution in [2.75, 3.05) is 6.54 Å². The molecule has 0 aliphatic rings. The Kier molecular flexibility index (Phi) is 4.46. The Morgan fingerprint density at radius 2 is 2.21 bits per heavy atom. The second-order valence-corrected chi connectivity index (χ2v) is 5.81. The third-order valence-corrected chi connectivity index (χ3v) is 3.69. The molecule has 0 bridgehead atoms. The summed E-state index contributed by atoms with van der Waals surface area (Å²) in [4.78, 5) is 21.0. The third kappa shape index (κ3) is 3.37. The summed E-state index contributed by atoms with van der Waals surface area (Å²) in [6.07, 6.45) is 5.04. The van der Waals surface area contributed by atoms with Crippen LogP contribution in [0.3, 0.4) is 0 Å². The van der Waals surface area contributed by atoms with Crippen LogP contribution in [0.1, 0.15) is 28.7 Å². The second-order valence-electron chi connectivity index (χ2n) is 5.81. The Morgan fingerprint density at radius 3 is 2.96 bits per heavy atom. The Labute approximate surface area is 140 Å². The number of aromatic nitrogens is 3. The number of hydrogen-bond acceptors (Lipinski definition) is 4. The van der Waals surface area contributed by atoms with Gasteiger partial charge in [-0.25, -0.2) is 4.98 Å². The number of amides is 1. The molecule has 0 aliphatic carbocycles. The minimum absolute atomic E-state index is 0.162. The van der Waals surface area contributed by atoms with Gasteiger partial charge in [0.05, 0.1) is 18.4 Å². The van der Waals surface area contributed by atoms with Gasteiger partial charge in [0.15, 0.2) is 0 Å². The van der Waals surface area contributed by atoms with Crippen molar-refractivity contribution in [2.24, 2.45) is 0 Å². The number of rotatable bonds is 5. The molecule has 1 amide bonds. The van der Waals surface area contributed by atoms with E-state index in [9.17, 15) is 4.79 Å². The van der Waals surface area contributed by atoms with E-state index in [2.05, 4.69) is 15.3 Å². The van der Waals surface area contributed by atoms with Crippen LogP contribution in [0.5, 0.6) is 5.75 Å². The second kappa shape index (κ2) is 6.70. The number of nitrogens with zero attached hydrogens (tertiary/aromatic N) is 3. The lowest BCUT2D eigenvalue weighted by Crippen LogP contribution is -2.34. The summed E-state index contributed by atoms with van der Waals surface area (Å²) in [5.74, 6) is 0.520. The number of nitrogens with one attached hydrogen (secondary N) is 1. The molecule has 3 heterocycles. The number of carbonyl (C=O) groups is 1. The summed E-state index contributed by atoms with van der Waals surface area (Å²) >= 11 is 0. The predicted octanol–water partition coefficient (Wildman–Crippen LogP) is 2.54. The highest BCUT2D eigenvalue weighted by Gasteiger charge is 2.17. The molecule has 0 spiro atoms. The van der Waals surface area contributed by atoms with Gasteiger partial charge >= 0.3 is 0 Å². The zero-order valence-electron chi connectivity index (χ0n) is 14.0. The SMILES string of the molecule is Cc1ccn2c(C(=O)NCC(C)Oc3cccnc3)c(C)nc2c1. The molecule has 0 fully saturated rings. The molecule has 1 atom stereocenters. The molecule has 3 aromatic heterocycles. The summed E-state index contributed by atoms with van der Waals surface area (Å²) in [6.45, 7) is 6.14. The van der Waals surface area contributed by atoms with Gasteiger partial charge in [-0.1, -0.05) is 0 Å². The molecule has 3 rings (SSSR count). The van der Waals surface area contributed by atoms with Crippen molar-refractivity contribution in [3.63, 3.8) is 0 Å². The molecule has 6 nitrogen and oxygen atoms in total. The molecule has 0 saturated carbocycles. The van der Waals surface area contributed by atoms with Crippen LogP contribution in [-0.2, 0) is 0 Å². The maximum atomic E-state index is 12.5. The first-order valence-electron chi connectivity index (χ1n) is 7.85. The molecule has 0 saturated heterocycles. The van der Waals surface area contributed by atoms with E-state index in [-0.39, 0.29) is 12.0 Å². The summed E-state index contributed by atoms with van der Waals surface area (Å²) in [7, 11) is 0. The van der Waals surface area contributed by atoms with Gasteiger partial charge in [-0.3, -0.25) is 14.2 Å². The van der Waals surface area contributed by atoms with Crippen molar-refractivity contribution in [1.29, 1.82) is 0 Å². The standard InChI is InChI=1S/C18H20N4O2/c1-12-6-8-22-16(9-12)21-14(3)17(22)18(23)20-10-13(2)24-15-5-4-7-19-11-15/h4-9,11,13H,10H2,1-3H3,(H,20,23). The molecule has 0 radical (unpaired) electrons. The molecule has 1 unspecified atom stereocenters. The van der Waals surface area contributed by atoms with Gasteiger partial charge in [-0.05, 0) is 50.6 Å². The number of imidazole rings is 1. The zero-order valence-corrected chi connectivity index (χ0v) is 14.0. The number of pyridine rings is 2. The number of fused-ring (bicyclic) bond motifs is 1. The van der Waals surface area contributed by atoms with E-state index in [1.807, 2.05) is 55.6 Å². The van der Waals surface area contributed by atoms with E-state index in [1.54, 1.807) is 12.4 Å². The number of aryl methyl sites for hydroxylation is 2. The monoisotopic (exact) mass is 324 g/mol. The van der Waals surface area contributed by atoms with Crippen LogP contribution in [0.25, 0.3) is 5.65 Å². The highest BCUT2D eigenvalue weighted by Crippen LogP contribution is 2.14. The summed E-state index contributed by atoms with van der Waals surface area (Å²) in [6, 6.07) is 7.56. The fourth-order valence-corrected chi connectivity index (χ4v) is 2.55. The van der Waals surface area contributed by atoms with Crippen molar-refractivity contribution in [3.8, 4) is 5.75 Å². The Bertz CT molecular complexity index is 858. The first-order valence-corrected chi connectivity index (χ1v) is 7.85. The number of hydrogen-bond donors (Lipinski definition) is 1. The topological polar surface area (TPSA) is 68.5 Å². The molecular weight excluding hydrogens is 304 g/mol. The van der Waals surface area contributed by atoms with Crippen molar-refractivity contribution >= 4 is 11.6 Å². The molecule has 1 N–H and O–H groups in total. The van der Waals surface area contributed by atoms with Crippen LogP contribution in [0.15, 0.2) is 42.9 Å². The summed E-state index contributed by atoms with van der Waals surface area (Å²) in [5.41, 5.74) is 3.15. The van der Waals surface area contributed by atoms with E-state index in [0.717, 1.165) is 11.2 Å². The lowest BCUT2D eigenvalue weighted by atomic mass is 10.3. The maximum Gasteiger partial charge on any atom is 0.270 e. The molecule has 0 aliphatic heterocycles. The lowest BCUT2D eigenvalue weighted by molar-refractivity contribution is 0.0925. The predicted molar refractivity (Wildman–Crippen MR) is 91.3 cm³/mol. The quantitative estimate of drug-likeness (QED) is 0.783. The van der Waals surface area contributed by atoms with Crippen LogP contribution in [0, 0.1) is 13.8 Å². The largest absolute Gasteiger partial charge is 0.487 e. The van der Waals surface area contributed by atoms with E-state index in [1.165, 1.54) is 0 Å². The fourth-order valence-electron chi connectivity index (χ4n) is 2.55. The van der Waals surface area contributed by atoms with Crippen LogP contribution in [0.2, 0.25) is 0 Å². The van der Waals surface area contributed by atoms with Gasteiger partial charge in [0.25, 0.3) is 5.91 Å². The van der Waals surface area contributed by atoms with Crippen molar-refractivity contribution in [2.45, 2.75) is 26.9 Å². The summed E-state index contributed by atoms with van der Waals surface area (Å²) in [5, 5.41) is 2.91. The van der Waals surface area contributed by atoms with Gasteiger partial charge in [-0.15, -0.1) is 0 Å².